The van der Waals surface area contributed by atoms with Gasteiger partial charge in [0.15, 0.2) is 0 Å². The number of alkyl halides is 4. The molecule has 96 valence electrons. The van der Waals surface area contributed by atoms with Crippen molar-refractivity contribution in [2.24, 2.45) is 0 Å². The van der Waals surface area contributed by atoms with Crippen LogP contribution >= 0.6 is 15.9 Å². The Bertz CT molecular complexity index is 223. The van der Waals surface area contributed by atoms with E-state index in [0.29, 0.717) is 25.2 Å². The molecular formula is C10H18BrF3N2. The smallest absolute Gasteiger partial charge is 0.299 e. The van der Waals surface area contributed by atoms with Gasteiger partial charge in [0, 0.05) is 31.7 Å². The lowest BCUT2D eigenvalue weighted by Crippen LogP contribution is -2.56. The molecule has 0 aromatic rings. The van der Waals surface area contributed by atoms with Gasteiger partial charge in [-0.2, -0.15) is 13.2 Å². The number of hydrogen-bond donors (Lipinski definition) is 0. The highest BCUT2D eigenvalue weighted by Crippen LogP contribution is 2.28. The third-order valence-corrected chi connectivity index (χ3v) is 4.02. The van der Waals surface area contributed by atoms with Gasteiger partial charge in [0.1, 0.15) is 4.83 Å². The first kappa shape index (κ1) is 14.3. The van der Waals surface area contributed by atoms with Crippen molar-refractivity contribution in [1.29, 1.82) is 0 Å². The Morgan fingerprint density at radius 3 is 2.06 bits per heavy atom. The Morgan fingerprint density at radius 1 is 1.25 bits per heavy atom. The minimum absolute atomic E-state index is 0.0338. The molecular weight excluding hydrogens is 285 g/mol. The van der Waals surface area contributed by atoms with E-state index in [1.807, 2.05) is 25.8 Å². The van der Waals surface area contributed by atoms with Gasteiger partial charge in [0.05, 0.1) is 0 Å². The molecule has 1 fully saturated rings. The molecule has 1 saturated heterocycles. The molecule has 0 bridgehead atoms. The van der Waals surface area contributed by atoms with Crippen LogP contribution < -0.4 is 0 Å². The van der Waals surface area contributed by atoms with Crippen molar-refractivity contribution in [1.82, 2.24) is 9.80 Å². The molecule has 16 heavy (non-hydrogen) atoms. The Balaban J connectivity index is 2.51. The fraction of sp³-hybridized carbons (Fsp3) is 1.00. The van der Waals surface area contributed by atoms with Gasteiger partial charge in [-0.25, -0.2) is 0 Å². The lowest BCUT2D eigenvalue weighted by molar-refractivity contribution is -0.132. The second-order valence-corrected chi connectivity index (χ2v) is 5.70. The van der Waals surface area contributed by atoms with Crippen LogP contribution in [0.25, 0.3) is 0 Å². The van der Waals surface area contributed by atoms with Gasteiger partial charge < -0.3 is 0 Å². The van der Waals surface area contributed by atoms with E-state index in [1.54, 1.807) is 0 Å². The van der Waals surface area contributed by atoms with Crippen molar-refractivity contribution in [2.75, 3.05) is 26.7 Å². The maximum Gasteiger partial charge on any atom is 0.402 e. The van der Waals surface area contributed by atoms with E-state index in [-0.39, 0.29) is 6.54 Å². The van der Waals surface area contributed by atoms with Crippen molar-refractivity contribution in [3.8, 4) is 0 Å². The summed E-state index contributed by atoms with van der Waals surface area (Å²) in [6, 6.07) is 0.605. The Hall–Kier alpha value is 0.190. The number of rotatable bonds is 2. The maximum absolute atomic E-state index is 12.4. The molecule has 1 aliphatic heterocycles. The van der Waals surface area contributed by atoms with Crippen molar-refractivity contribution in [3.63, 3.8) is 0 Å². The predicted octanol–water partition coefficient (Wildman–Crippen LogP) is 2.34. The molecule has 1 heterocycles. The molecule has 0 N–H and O–H groups in total. The molecule has 6 heteroatoms. The lowest BCUT2D eigenvalue weighted by Gasteiger charge is -2.43. The van der Waals surface area contributed by atoms with Gasteiger partial charge >= 0.3 is 6.18 Å². The Kier molecular flexibility index (Phi) is 4.66. The van der Waals surface area contributed by atoms with E-state index >= 15 is 0 Å². The number of hydrogen-bond acceptors (Lipinski definition) is 2. The molecule has 3 unspecified atom stereocenters. The summed E-state index contributed by atoms with van der Waals surface area (Å²) in [5, 5.41) is 0. The number of likely N-dealkylation sites (N-methyl/N-ethyl adjacent to an activating group) is 1. The van der Waals surface area contributed by atoms with Crippen LogP contribution in [0.2, 0.25) is 0 Å². The Morgan fingerprint density at radius 2 is 1.69 bits per heavy atom. The van der Waals surface area contributed by atoms with Crippen LogP contribution in [0.3, 0.4) is 0 Å². The van der Waals surface area contributed by atoms with E-state index in [2.05, 4.69) is 20.8 Å². The fourth-order valence-corrected chi connectivity index (χ4v) is 2.40. The third-order valence-electron chi connectivity index (χ3n) is 3.21. The topological polar surface area (TPSA) is 6.48 Å². The van der Waals surface area contributed by atoms with E-state index < -0.39 is 11.0 Å². The van der Waals surface area contributed by atoms with Crippen LogP contribution in [0.4, 0.5) is 13.2 Å². The summed E-state index contributed by atoms with van der Waals surface area (Å²) < 4.78 is 37.2. The summed E-state index contributed by atoms with van der Waals surface area (Å²) in [5.41, 5.74) is 0. The largest absolute Gasteiger partial charge is 0.402 e. The zero-order valence-corrected chi connectivity index (χ0v) is 11.3. The summed E-state index contributed by atoms with van der Waals surface area (Å²) in [6.45, 7) is 5.50. The van der Waals surface area contributed by atoms with E-state index in [1.165, 1.54) is 0 Å². The van der Waals surface area contributed by atoms with E-state index in [9.17, 15) is 13.2 Å². The highest BCUT2D eigenvalue weighted by molar-refractivity contribution is 9.09. The summed E-state index contributed by atoms with van der Waals surface area (Å²) >= 11 is 2.71. The van der Waals surface area contributed by atoms with E-state index in [0.717, 1.165) is 0 Å². The first-order chi connectivity index (χ1) is 7.21. The van der Waals surface area contributed by atoms with E-state index in [4.69, 9.17) is 0 Å². The molecule has 0 amide bonds. The minimum atomic E-state index is -4.16. The fourth-order valence-electron chi connectivity index (χ4n) is 1.99. The summed E-state index contributed by atoms with van der Waals surface area (Å²) in [7, 11) is 2.02. The van der Waals surface area contributed by atoms with Crippen LogP contribution in [0.15, 0.2) is 0 Å². The average molecular weight is 303 g/mol. The average Bonchev–Trinajstić information content (AvgIpc) is 2.12. The lowest BCUT2D eigenvalue weighted by atomic mass is 10.1. The highest BCUT2D eigenvalue weighted by Gasteiger charge is 2.39. The molecule has 0 spiro atoms. The van der Waals surface area contributed by atoms with Crippen molar-refractivity contribution < 1.29 is 13.2 Å². The van der Waals surface area contributed by atoms with Crippen molar-refractivity contribution in [2.45, 2.75) is 36.9 Å². The molecule has 0 aliphatic carbocycles. The molecule has 1 aliphatic rings. The Labute approximate surface area is 103 Å². The normalized spacial score (nSPS) is 31.7. The second-order valence-electron chi connectivity index (χ2n) is 4.59. The molecule has 1 rings (SSSR count). The quantitative estimate of drug-likeness (QED) is 0.723. The van der Waals surface area contributed by atoms with Gasteiger partial charge in [0.2, 0.25) is 0 Å². The first-order valence-electron chi connectivity index (χ1n) is 5.37. The van der Waals surface area contributed by atoms with Gasteiger partial charge in [-0.05, 0) is 20.9 Å². The molecule has 0 aromatic heterocycles. The molecule has 0 aromatic carbocycles. The SMILES string of the molecule is CC1CN(CC(Br)C(F)(F)F)CC(C)N1C. The monoisotopic (exact) mass is 302 g/mol. The predicted molar refractivity (Wildman–Crippen MR) is 61.9 cm³/mol. The minimum Gasteiger partial charge on any atom is -0.299 e. The summed E-state index contributed by atoms with van der Waals surface area (Å²) in [4.78, 5) is 2.65. The maximum atomic E-state index is 12.4. The molecule has 0 saturated carbocycles. The summed E-state index contributed by atoms with van der Waals surface area (Å²) in [5.74, 6) is 0. The van der Waals surface area contributed by atoms with Crippen molar-refractivity contribution in [3.05, 3.63) is 0 Å². The van der Waals surface area contributed by atoms with Crippen molar-refractivity contribution >= 4 is 15.9 Å². The third kappa shape index (κ3) is 3.60. The molecule has 2 nitrogen and oxygen atoms in total. The van der Waals surface area contributed by atoms with Gasteiger partial charge in [-0.3, -0.25) is 9.80 Å². The zero-order chi connectivity index (χ0) is 12.5. The van der Waals surface area contributed by atoms with Crippen LogP contribution in [-0.4, -0.2) is 59.6 Å². The zero-order valence-electron chi connectivity index (χ0n) is 9.76. The van der Waals surface area contributed by atoms with Crippen LogP contribution in [0.5, 0.6) is 0 Å². The summed E-state index contributed by atoms with van der Waals surface area (Å²) in [6.07, 6.45) is -4.16. The standard InChI is InChI=1S/C10H18BrF3N2/c1-7-4-16(5-8(2)15(7)3)6-9(11)10(12,13)14/h7-9H,4-6H2,1-3H3. The van der Waals surface area contributed by atoms with Gasteiger partial charge in [-0.1, -0.05) is 15.9 Å². The first-order valence-corrected chi connectivity index (χ1v) is 6.28. The van der Waals surface area contributed by atoms with Gasteiger partial charge in [0.25, 0.3) is 0 Å². The highest BCUT2D eigenvalue weighted by atomic mass is 79.9. The number of nitrogens with zero attached hydrogens (tertiary/aromatic N) is 2. The van der Waals surface area contributed by atoms with Crippen LogP contribution in [0.1, 0.15) is 13.8 Å². The van der Waals surface area contributed by atoms with Crippen LogP contribution in [0, 0.1) is 0 Å². The molecule has 0 radical (unpaired) electrons. The van der Waals surface area contributed by atoms with Crippen LogP contribution in [-0.2, 0) is 0 Å². The number of halogens is 4. The second kappa shape index (κ2) is 5.23. The van der Waals surface area contributed by atoms with Gasteiger partial charge in [-0.15, -0.1) is 0 Å². The number of piperazine rings is 1. The molecule has 3 atom stereocenters.